The number of ether oxygens (including phenoxy) is 1. The van der Waals surface area contributed by atoms with Crippen LogP contribution in [0.2, 0.25) is 0 Å². The van der Waals surface area contributed by atoms with Crippen molar-refractivity contribution in [2.45, 2.75) is 33.3 Å². The number of rotatable bonds is 6. The van der Waals surface area contributed by atoms with Gasteiger partial charge in [-0.2, -0.15) is 0 Å². The van der Waals surface area contributed by atoms with Crippen LogP contribution in [0.3, 0.4) is 0 Å². The maximum absolute atomic E-state index is 12.6. The highest BCUT2D eigenvalue weighted by Gasteiger charge is 2.19. The summed E-state index contributed by atoms with van der Waals surface area (Å²) in [6, 6.07) is 10.8. The molecule has 0 saturated heterocycles. The molecule has 148 valence electrons. The third-order valence-electron chi connectivity index (χ3n) is 3.81. The number of nitrogens with two attached hydrogens (primary N) is 1. The summed E-state index contributed by atoms with van der Waals surface area (Å²) in [6.45, 7) is 5.90. The molecule has 2 heterocycles. The lowest BCUT2D eigenvalue weighted by atomic mass is 10.2. The molecule has 3 N–H and O–H groups in total. The summed E-state index contributed by atoms with van der Waals surface area (Å²) in [5.74, 6) is 0.822. The Bertz CT molecular complexity index is 923. The number of hydrogen-bond donors (Lipinski definition) is 2. The Balaban J connectivity index is 0.00000280. The van der Waals surface area contributed by atoms with Gasteiger partial charge in [-0.15, -0.1) is 17.5 Å². The van der Waals surface area contributed by atoms with Crippen LogP contribution < -0.4 is 15.8 Å². The first-order valence-corrected chi connectivity index (χ1v) is 8.72. The van der Waals surface area contributed by atoms with Crippen molar-refractivity contribution in [3.63, 3.8) is 0 Å². The second kappa shape index (κ2) is 9.18. The molecule has 28 heavy (non-hydrogen) atoms. The summed E-state index contributed by atoms with van der Waals surface area (Å²) < 4.78 is 7.32. The van der Waals surface area contributed by atoms with E-state index in [9.17, 15) is 4.79 Å². The second-order valence-electron chi connectivity index (χ2n) is 6.24. The first kappa shape index (κ1) is 21.2. The number of nitrogens with one attached hydrogen (secondary N) is 1. The van der Waals surface area contributed by atoms with Crippen molar-refractivity contribution < 1.29 is 9.53 Å². The summed E-state index contributed by atoms with van der Waals surface area (Å²) in [5, 5.41) is 11.0. The van der Waals surface area contributed by atoms with Crippen LogP contribution in [0, 0.1) is 0 Å². The second-order valence-corrected chi connectivity index (χ2v) is 6.24. The average molecular weight is 403 g/mol. The molecule has 0 aliphatic rings. The minimum absolute atomic E-state index is 0. The number of aromatic nitrogens is 4. The lowest BCUT2D eigenvalue weighted by Gasteiger charge is -2.11. The molecule has 0 atom stereocenters. The van der Waals surface area contributed by atoms with Crippen molar-refractivity contribution in [3.8, 4) is 11.4 Å². The van der Waals surface area contributed by atoms with Gasteiger partial charge < -0.3 is 15.8 Å². The van der Waals surface area contributed by atoms with E-state index in [1.807, 2.05) is 45.0 Å². The number of hydrogen-bond acceptors (Lipinski definition) is 6. The predicted octanol–water partition coefficient (Wildman–Crippen LogP) is 3.27. The van der Waals surface area contributed by atoms with Crippen molar-refractivity contribution in [3.05, 3.63) is 54.0 Å². The number of carbonyl (C=O) groups is 1. The standard InChI is InChI=1S/C19H22N6O2.ClH/c1-4-16-18(19(26)22-13-5-10-17(20)21-11-13)23-24-25(16)14-6-8-15(9-7-14)27-12(2)3;/h5-12H,4H2,1-3H3,(H2,20,21)(H,22,26);1H. The smallest absolute Gasteiger partial charge is 0.278 e. The van der Waals surface area contributed by atoms with Crippen molar-refractivity contribution in [1.29, 1.82) is 0 Å². The fraction of sp³-hybridized carbons (Fsp3) is 0.263. The summed E-state index contributed by atoms with van der Waals surface area (Å²) in [5.41, 5.74) is 7.90. The van der Waals surface area contributed by atoms with Gasteiger partial charge in [-0.25, -0.2) is 9.67 Å². The molecule has 0 fully saturated rings. The van der Waals surface area contributed by atoms with Gasteiger partial charge in [0.2, 0.25) is 0 Å². The van der Waals surface area contributed by atoms with Gasteiger partial charge >= 0.3 is 0 Å². The zero-order chi connectivity index (χ0) is 19.4. The topological polar surface area (TPSA) is 108 Å². The van der Waals surface area contributed by atoms with E-state index in [0.29, 0.717) is 23.6 Å². The first-order chi connectivity index (χ1) is 13.0. The summed E-state index contributed by atoms with van der Waals surface area (Å²) in [7, 11) is 0. The molecule has 0 aliphatic carbocycles. The molecular formula is C19H23ClN6O2. The van der Waals surface area contributed by atoms with E-state index >= 15 is 0 Å². The maximum Gasteiger partial charge on any atom is 0.278 e. The summed E-state index contributed by atoms with van der Waals surface area (Å²) >= 11 is 0. The Hall–Kier alpha value is -3.13. The average Bonchev–Trinajstić information content (AvgIpc) is 3.08. The summed E-state index contributed by atoms with van der Waals surface area (Å²) in [4.78, 5) is 16.6. The molecule has 0 radical (unpaired) electrons. The van der Waals surface area contributed by atoms with Crippen molar-refractivity contribution >= 4 is 29.8 Å². The highest BCUT2D eigenvalue weighted by Crippen LogP contribution is 2.19. The highest BCUT2D eigenvalue weighted by atomic mass is 35.5. The van der Waals surface area contributed by atoms with Crippen molar-refractivity contribution in [2.75, 3.05) is 11.1 Å². The van der Waals surface area contributed by atoms with Crippen LogP contribution in [0.25, 0.3) is 5.69 Å². The molecule has 0 spiro atoms. The van der Waals surface area contributed by atoms with E-state index in [2.05, 4.69) is 20.6 Å². The number of pyridine rings is 1. The van der Waals surface area contributed by atoms with Gasteiger partial charge in [-0.05, 0) is 56.7 Å². The molecule has 9 heteroatoms. The molecule has 0 aliphatic heterocycles. The van der Waals surface area contributed by atoms with E-state index < -0.39 is 0 Å². The molecular weight excluding hydrogens is 380 g/mol. The zero-order valence-electron chi connectivity index (χ0n) is 15.9. The predicted molar refractivity (Wildman–Crippen MR) is 110 cm³/mol. The molecule has 3 aromatic rings. The summed E-state index contributed by atoms with van der Waals surface area (Å²) in [6.07, 6.45) is 2.20. The molecule has 0 bridgehead atoms. The van der Waals surface area contributed by atoms with Crippen LogP contribution >= 0.6 is 12.4 Å². The highest BCUT2D eigenvalue weighted by molar-refractivity contribution is 6.03. The van der Waals surface area contributed by atoms with Crippen LogP contribution in [0.1, 0.15) is 37.0 Å². The minimum atomic E-state index is -0.343. The molecule has 0 saturated carbocycles. The Labute approximate surface area is 169 Å². The fourth-order valence-electron chi connectivity index (χ4n) is 2.61. The van der Waals surface area contributed by atoms with E-state index in [1.54, 1.807) is 16.8 Å². The lowest BCUT2D eigenvalue weighted by Crippen LogP contribution is -2.15. The quantitative estimate of drug-likeness (QED) is 0.655. The normalized spacial score (nSPS) is 10.4. The van der Waals surface area contributed by atoms with Crippen molar-refractivity contribution in [2.24, 2.45) is 0 Å². The number of nitrogens with zero attached hydrogens (tertiary/aromatic N) is 4. The molecule has 2 aromatic heterocycles. The van der Waals surface area contributed by atoms with E-state index in [0.717, 1.165) is 11.4 Å². The Kier molecular flexibility index (Phi) is 6.94. The van der Waals surface area contributed by atoms with Crippen LogP contribution in [-0.2, 0) is 6.42 Å². The Morgan fingerprint density at radius 3 is 2.50 bits per heavy atom. The number of anilines is 2. The van der Waals surface area contributed by atoms with Crippen molar-refractivity contribution in [1.82, 2.24) is 20.0 Å². The number of benzene rings is 1. The van der Waals surface area contributed by atoms with Crippen LogP contribution in [0.15, 0.2) is 42.6 Å². The molecule has 3 rings (SSSR count). The first-order valence-electron chi connectivity index (χ1n) is 8.72. The molecule has 8 nitrogen and oxygen atoms in total. The van der Waals surface area contributed by atoms with E-state index in [1.165, 1.54) is 6.20 Å². The Morgan fingerprint density at radius 1 is 1.21 bits per heavy atom. The lowest BCUT2D eigenvalue weighted by molar-refractivity contribution is 0.102. The largest absolute Gasteiger partial charge is 0.491 e. The van der Waals surface area contributed by atoms with E-state index in [4.69, 9.17) is 10.5 Å². The number of nitrogen functional groups attached to an aromatic ring is 1. The monoisotopic (exact) mass is 402 g/mol. The van der Waals surface area contributed by atoms with Crippen LogP contribution in [0.4, 0.5) is 11.5 Å². The SMILES string of the molecule is CCc1c(C(=O)Nc2ccc(N)nc2)nnn1-c1ccc(OC(C)C)cc1.Cl. The maximum atomic E-state index is 12.6. The van der Waals surface area contributed by atoms with Gasteiger partial charge in [-0.1, -0.05) is 12.1 Å². The van der Waals surface area contributed by atoms with Gasteiger partial charge in [-0.3, -0.25) is 4.79 Å². The number of halogens is 1. The van der Waals surface area contributed by atoms with E-state index in [-0.39, 0.29) is 30.1 Å². The Morgan fingerprint density at radius 2 is 1.93 bits per heavy atom. The third-order valence-corrected chi connectivity index (χ3v) is 3.81. The molecule has 1 aromatic carbocycles. The van der Waals surface area contributed by atoms with Gasteiger partial charge in [0.1, 0.15) is 11.6 Å². The van der Waals surface area contributed by atoms with Gasteiger partial charge in [0.25, 0.3) is 5.91 Å². The number of carbonyl (C=O) groups excluding carboxylic acids is 1. The zero-order valence-corrected chi connectivity index (χ0v) is 16.7. The molecule has 1 amide bonds. The van der Waals surface area contributed by atoms with Gasteiger partial charge in [0.05, 0.1) is 29.4 Å². The van der Waals surface area contributed by atoms with Crippen LogP contribution in [-0.4, -0.2) is 32.0 Å². The van der Waals surface area contributed by atoms with Crippen LogP contribution in [0.5, 0.6) is 5.75 Å². The number of amides is 1. The van der Waals surface area contributed by atoms with Gasteiger partial charge in [0.15, 0.2) is 5.69 Å². The third kappa shape index (κ3) is 4.77. The minimum Gasteiger partial charge on any atom is -0.491 e. The van der Waals surface area contributed by atoms with Gasteiger partial charge in [0, 0.05) is 0 Å². The molecule has 0 unspecified atom stereocenters. The fourth-order valence-corrected chi connectivity index (χ4v) is 2.61.